The number of thiazole rings is 1. The molecule has 0 radical (unpaired) electrons. The minimum absolute atomic E-state index is 0.0649. The van der Waals surface area contributed by atoms with E-state index in [2.05, 4.69) is 4.98 Å². The summed E-state index contributed by atoms with van der Waals surface area (Å²) in [5.74, 6) is 0.841. The molecular weight excluding hydrogens is 326 g/mol. The van der Waals surface area contributed by atoms with Gasteiger partial charge in [-0.05, 0) is 25.1 Å². The molecule has 120 valence electrons. The van der Waals surface area contributed by atoms with Crippen molar-refractivity contribution in [2.45, 2.75) is 6.92 Å². The molecule has 0 spiro atoms. The average Bonchev–Trinajstić information content (AvgIpc) is 3.12. The highest BCUT2D eigenvalue weighted by Gasteiger charge is 2.13. The zero-order valence-electron chi connectivity index (χ0n) is 12.8. The first kappa shape index (κ1) is 14.6. The second kappa shape index (κ2) is 5.61. The molecule has 7 heteroatoms. The second-order valence-corrected chi connectivity index (χ2v) is 6.26. The Hall–Kier alpha value is -2.93. The average molecular weight is 339 g/mol. The Morgan fingerprint density at radius 3 is 2.96 bits per heavy atom. The molecule has 0 saturated heterocycles. The summed E-state index contributed by atoms with van der Waals surface area (Å²) in [5.41, 5.74) is 2.57. The summed E-state index contributed by atoms with van der Waals surface area (Å²) < 4.78 is 8.62. The molecule has 0 N–H and O–H groups in total. The smallest absolute Gasteiger partial charge is 0.270 e. The van der Waals surface area contributed by atoms with Gasteiger partial charge in [-0.3, -0.25) is 14.5 Å². The van der Waals surface area contributed by atoms with Gasteiger partial charge in [-0.2, -0.15) is 0 Å². The van der Waals surface area contributed by atoms with Crippen molar-refractivity contribution in [1.29, 1.82) is 0 Å². The topological polar surface area (TPSA) is 69.7 Å². The third kappa shape index (κ3) is 2.39. The SMILES string of the molecule is CCOc1ccc2c(c1)sc1nc(-c3cccc([N+](=O)[O-])c3)cn12. The van der Waals surface area contributed by atoms with Crippen LogP contribution in [0.1, 0.15) is 6.92 Å². The first-order valence-electron chi connectivity index (χ1n) is 7.45. The Balaban J connectivity index is 1.81. The number of aromatic nitrogens is 2. The maximum absolute atomic E-state index is 10.9. The Bertz CT molecular complexity index is 1070. The number of non-ortho nitro benzene ring substituents is 1. The van der Waals surface area contributed by atoms with Crippen LogP contribution in [0, 0.1) is 10.1 Å². The van der Waals surface area contributed by atoms with Crippen molar-refractivity contribution in [1.82, 2.24) is 9.38 Å². The Labute approximate surface area is 141 Å². The van der Waals surface area contributed by atoms with Crippen LogP contribution in [-0.2, 0) is 0 Å². The molecule has 0 bridgehead atoms. The number of nitro groups is 1. The zero-order valence-corrected chi connectivity index (χ0v) is 13.6. The normalized spacial score (nSPS) is 11.2. The standard InChI is InChI=1S/C17H13N3O3S/c1-2-23-13-6-7-15-16(9-13)24-17-18-14(10-19(15)17)11-4-3-5-12(8-11)20(21)22/h3-10H,2H2,1H3. The van der Waals surface area contributed by atoms with E-state index in [0.717, 1.165) is 32.2 Å². The molecule has 4 aromatic rings. The lowest BCUT2D eigenvalue weighted by molar-refractivity contribution is -0.384. The molecular formula is C17H13N3O3S. The first-order chi connectivity index (χ1) is 11.7. The predicted octanol–water partition coefficient (Wildman–Crippen LogP) is 4.52. The molecule has 0 aliphatic rings. The van der Waals surface area contributed by atoms with Gasteiger partial charge < -0.3 is 4.74 Å². The summed E-state index contributed by atoms with van der Waals surface area (Å²) >= 11 is 1.57. The maximum Gasteiger partial charge on any atom is 0.270 e. The van der Waals surface area contributed by atoms with Crippen molar-refractivity contribution >= 4 is 32.2 Å². The molecule has 4 rings (SSSR count). The lowest BCUT2D eigenvalue weighted by Gasteiger charge is -2.01. The highest BCUT2D eigenvalue weighted by atomic mass is 32.1. The number of hydrogen-bond acceptors (Lipinski definition) is 5. The number of nitro benzene ring substituents is 1. The Morgan fingerprint density at radius 1 is 1.29 bits per heavy atom. The number of imidazole rings is 1. The van der Waals surface area contributed by atoms with Crippen molar-refractivity contribution in [3.05, 3.63) is 58.8 Å². The molecule has 6 nitrogen and oxygen atoms in total. The van der Waals surface area contributed by atoms with E-state index >= 15 is 0 Å². The third-order valence-electron chi connectivity index (χ3n) is 3.73. The van der Waals surface area contributed by atoms with E-state index in [4.69, 9.17) is 4.74 Å². The van der Waals surface area contributed by atoms with Gasteiger partial charge in [-0.25, -0.2) is 4.98 Å². The molecule has 2 heterocycles. The third-order valence-corrected chi connectivity index (χ3v) is 4.75. The second-order valence-electron chi connectivity index (χ2n) is 5.25. The van der Waals surface area contributed by atoms with Crippen LogP contribution in [0.4, 0.5) is 5.69 Å². The Kier molecular flexibility index (Phi) is 3.42. The molecule has 2 aromatic carbocycles. The van der Waals surface area contributed by atoms with E-state index in [0.29, 0.717) is 6.61 Å². The maximum atomic E-state index is 10.9. The molecule has 0 fully saturated rings. The van der Waals surface area contributed by atoms with E-state index in [1.54, 1.807) is 23.5 Å². The highest BCUT2D eigenvalue weighted by Crippen LogP contribution is 2.32. The monoisotopic (exact) mass is 339 g/mol. The van der Waals surface area contributed by atoms with Crippen LogP contribution in [0.2, 0.25) is 0 Å². The van der Waals surface area contributed by atoms with Crippen LogP contribution < -0.4 is 4.74 Å². The zero-order chi connectivity index (χ0) is 16.7. The molecule has 0 atom stereocenters. The van der Waals surface area contributed by atoms with Crippen LogP contribution >= 0.6 is 11.3 Å². The first-order valence-corrected chi connectivity index (χ1v) is 8.26. The fourth-order valence-corrected chi connectivity index (χ4v) is 3.69. The summed E-state index contributed by atoms with van der Waals surface area (Å²) in [7, 11) is 0. The largest absolute Gasteiger partial charge is 0.494 e. The van der Waals surface area contributed by atoms with Gasteiger partial charge in [0.1, 0.15) is 5.75 Å². The fourth-order valence-electron chi connectivity index (χ4n) is 2.66. The van der Waals surface area contributed by atoms with Gasteiger partial charge in [0.2, 0.25) is 0 Å². The molecule has 0 unspecified atom stereocenters. The number of nitrogens with zero attached hydrogens (tertiary/aromatic N) is 3. The van der Waals surface area contributed by atoms with E-state index in [1.165, 1.54) is 6.07 Å². The summed E-state index contributed by atoms with van der Waals surface area (Å²) in [4.78, 5) is 16.0. The quantitative estimate of drug-likeness (QED) is 0.405. The van der Waals surface area contributed by atoms with Crippen LogP contribution in [-0.4, -0.2) is 20.9 Å². The van der Waals surface area contributed by atoms with Gasteiger partial charge in [-0.1, -0.05) is 23.5 Å². The number of hydrogen-bond donors (Lipinski definition) is 0. The van der Waals surface area contributed by atoms with E-state index < -0.39 is 4.92 Å². The number of rotatable bonds is 4. The molecule has 2 aromatic heterocycles. The minimum Gasteiger partial charge on any atom is -0.494 e. The van der Waals surface area contributed by atoms with Gasteiger partial charge in [0, 0.05) is 23.9 Å². The molecule has 0 amide bonds. The van der Waals surface area contributed by atoms with Gasteiger partial charge in [0.15, 0.2) is 4.96 Å². The summed E-state index contributed by atoms with van der Waals surface area (Å²) in [6, 6.07) is 12.5. The van der Waals surface area contributed by atoms with Crippen LogP contribution in [0.5, 0.6) is 5.75 Å². The molecule has 0 aliphatic heterocycles. The Morgan fingerprint density at radius 2 is 2.17 bits per heavy atom. The lowest BCUT2D eigenvalue weighted by atomic mass is 10.1. The highest BCUT2D eigenvalue weighted by molar-refractivity contribution is 7.23. The van der Waals surface area contributed by atoms with Crippen molar-refractivity contribution in [3.8, 4) is 17.0 Å². The van der Waals surface area contributed by atoms with Gasteiger partial charge >= 0.3 is 0 Å². The van der Waals surface area contributed by atoms with E-state index in [-0.39, 0.29) is 5.69 Å². The van der Waals surface area contributed by atoms with Crippen molar-refractivity contribution in [2.75, 3.05) is 6.61 Å². The number of fused-ring (bicyclic) bond motifs is 3. The van der Waals surface area contributed by atoms with E-state index in [1.807, 2.05) is 41.8 Å². The van der Waals surface area contributed by atoms with Gasteiger partial charge in [-0.15, -0.1) is 0 Å². The van der Waals surface area contributed by atoms with Gasteiger partial charge in [0.25, 0.3) is 5.69 Å². The molecule has 0 saturated carbocycles. The van der Waals surface area contributed by atoms with E-state index in [9.17, 15) is 10.1 Å². The fraction of sp³-hybridized carbons (Fsp3) is 0.118. The minimum atomic E-state index is -0.396. The summed E-state index contributed by atoms with van der Waals surface area (Å²) in [6.45, 7) is 2.59. The lowest BCUT2D eigenvalue weighted by Crippen LogP contribution is -1.90. The van der Waals surface area contributed by atoms with Crippen LogP contribution in [0.3, 0.4) is 0 Å². The van der Waals surface area contributed by atoms with Crippen molar-refractivity contribution in [3.63, 3.8) is 0 Å². The van der Waals surface area contributed by atoms with Gasteiger partial charge in [0.05, 0.1) is 27.4 Å². The molecule has 0 aliphatic carbocycles. The van der Waals surface area contributed by atoms with Crippen molar-refractivity contribution < 1.29 is 9.66 Å². The number of benzene rings is 2. The molecule has 24 heavy (non-hydrogen) atoms. The van der Waals surface area contributed by atoms with Crippen LogP contribution in [0.25, 0.3) is 26.4 Å². The number of ether oxygens (including phenoxy) is 1. The predicted molar refractivity (Wildman–Crippen MR) is 93.8 cm³/mol. The van der Waals surface area contributed by atoms with Crippen molar-refractivity contribution in [2.24, 2.45) is 0 Å². The summed E-state index contributed by atoms with van der Waals surface area (Å²) in [5, 5.41) is 10.9. The van der Waals surface area contributed by atoms with Crippen LogP contribution in [0.15, 0.2) is 48.7 Å². The summed E-state index contributed by atoms with van der Waals surface area (Å²) in [6.07, 6.45) is 1.91.